The predicted molar refractivity (Wildman–Crippen MR) is 103 cm³/mol. The molecule has 0 bridgehead atoms. The van der Waals surface area contributed by atoms with Crippen LogP contribution in [-0.2, 0) is 6.54 Å². The van der Waals surface area contributed by atoms with E-state index in [1.165, 1.54) is 0 Å². The Morgan fingerprint density at radius 2 is 1.72 bits per heavy atom. The van der Waals surface area contributed by atoms with Crippen molar-refractivity contribution >= 4 is 23.1 Å². The minimum absolute atomic E-state index is 0.00539. The summed E-state index contributed by atoms with van der Waals surface area (Å²) in [5.74, 6) is 0.945. The fourth-order valence-electron chi connectivity index (χ4n) is 3.05. The van der Waals surface area contributed by atoms with Gasteiger partial charge in [-0.1, -0.05) is 48.5 Å². The number of aromatic nitrogens is 2. The molecular formula is C20H19N3OS. The largest absolute Gasteiger partial charge is 0.339 e. The molecule has 0 amide bonds. The molecule has 4 nitrogen and oxygen atoms in total. The van der Waals surface area contributed by atoms with Crippen molar-refractivity contribution in [3.8, 4) is 0 Å². The van der Waals surface area contributed by atoms with Gasteiger partial charge in [-0.15, -0.1) is 11.8 Å². The second-order valence-corrected chi connectivity index (χ2v) is 7.10. The molecule has 0 saturated carbocycles. The monoisotopic (exact) mass is 349 g/mol. The maximum atomic E-state index is 13.0. The van der Waals surface area contributed by atoms with E-state index in [0.29, 0.717) is 6.54 Å². The molecule has 0 aliphatic carbocycles. The van der Waals surface area contributed by atoms with E-state index in [2.05, 4.69) is 22.1 Å². The topological polar surface area (TPSA) is 38.1 Å². The van der Waals surface area contributed by atoms with Crippen LogP contribution in [0.25, 0.3) is 0 Å². The third-order valence-corrected chi connectivity index (χ3v) is 5.45. The van der Waals surface area contributed by atoms with Gasteiger partial charge < -0.3 is 4.90 Å². The smallest absolute Gasteiger partial charge is 0.282 e. The lowest BCUT2D eigenvalue weighted by atomic mass is 10.2. The lowest BCUT2D eigenvalue weighted by molar-refractivity contribution is 0.624. The molecule has 0 radical (unpaired) electrons. The highest BCUT2D eigenvalue weighted by Crippen LogP contribution is 2.35. The van der Waals surface area contributed by atoms with E-state index in [9.17, 15) is 4.79 Å². The Hall–Kier alpha value is -2.53. The molecule has 25 heavy (non-hydrogen) atoms. The van der Waals surface area contributed by atoms with E-state index in [-0.39, 0.29) is 5.56 Å². The summed E-state index contributed by atoms with van der Waals surface area (Å²) in [6.07, 6.45) is 2.87. The molecular weight excluding hydrogens is 330 g/mol. The van der Waals surface area contributed by atoms with Crippen LogP contribution in [0.2, 0.25) is 0 Å². The number of para-hydroxylation sites is 1. The first kappa shape index (κ1) is 16.0. The van der Waals surface area contributed by atoms with Crippen LogP contribution >= 0.6 is 11.8 Å². The summed E-state index contributed by atoms with van der Waals surface area (Å²) < 4.78 is 1.57. The van der Waals surface area contributed by atoms with Crippen molar-refractivity contribution in [2.45, 2.75) is 17.9 Å². The van der Waals surface area contributed by atoms with Crippen molar-refractivity contribution in [3.63, 3.8) is 0 Å². The quantitative estimate of drug-likeness (QED) is 0.718. The Labute approximate surface area is 151 Å². The molecule has 0 unspecified atom stereocenters. The molecule has 126 valence electrons. The van der Waals surface area contributed by atoms with E-state index in [1.807, 2.05) is 54.7 Å². The number of thioether (sulfide) groups is 1. The van der Waals surface area contributed by atoms with Crippen LogP contribution in [0.5, 0.6) is 0 Å². The van der Waals surface area contributed by atoms with E-state index in [1.54, 1.807) is 16.4 Å². The van der Waals surface area contributed by atoms with Gasteiger partial charge in [-0.2, -0.15) is 5.10 Å². The molecule has 1 aliphatic rings. The van der Waals surface area contributed by atoms with Gasteiger partial charge in [-0.05, 0) is 29.9 Å². The van der Waals surface area contributed by atoms with E-state index in [0.717, 1.165) is 40.6 Å². The number of anilines is 2. The second kappa shape index (κ2) is 7.15. The zero-order chi connectivity index (χ0) is 17.1. The molecule has 4 rings (SSSR count). The van der Waals surface area contributed by atoms with Crippen LogP contribution in [0, 0.1) is 0 Å². The van der Waals surface area contributed by atoms with E-state index >= 15 is 0 Å². The van der Waals surface area contributed by atoms with Gasteiger partial charge in [0.25, 0.3) is 5.56 Å². The Morgan fingerprint density at radius 1 is 1.00 bits per heavy atom. The molecule has 0 saturated heterocycles. The maximum absolute atomic E-state index is 13.0. The number of rotatable bonds is 3. The lowest BCUT2D eigenvalue weighted by Crippen LogP contribution is -2.28. The minimum Gasteiger partial charge on any atom is -0.339 e. The van der Waals surface area contributed by atoms with E-state index in [4.69, 9.17) is 0 Å². The van der Waals surface area contributed by atoms with Crippen LogP contribution in [0.15, 0.2) is 76.6 Å². The molecule has 2 heterocycles. The lowest BCUT2D eigenvalue weighted by Gasteiger charge is -2.24. The van der Waals surface area contributed by atoms with Crippen molar-refractivity contribution in [2.75, 3.05) is 17.2 Å². The summed E-state index contributed by atoms with van der Waals surface area (Å²) >= 11 is 1.64. The van der Waals surface area contributed by atoms with Crippen molar-refractivity contribution < 1.29 is 0 Å². The van der Waals surface area contributed by atoms with Crippen molar-refractivity contribution in [1.82, 2.24) is 9.78 Å². The molecule has 0 spiro atoms. The summed E-state index contributed by atoms with van der Waals surface area (Å²) in [7, 11) is 0. The van der Waals surface area contributed by atoms with Gasteiger partial charge >= 0.3 is 0 Å². The SMILES string of the molecule is O=c1c2c(cnn1Cc1ccccc1)N(c1ccccc1)CCCS2. The molecule has 3 aromatic rings. The molecule has 0 N–H and O–H groups in total. The van der Waals surface area contributed by atoms with Gasteiger partial charge in [0.15, 0.2) is 0 Å². The molecule has 0 fully saturated rings. The summed E-state index contributed by atoms with van der Waals surface area (Å²) in [5.41, 5.74) is 3.10. The van der Waals surface area contributed by atoms with Gasteiger partial charge in [0.2, 0.25) is 0 Å². The first-order valence-corrected chi connectivity index (χ1v) is 9.41. The Kier molecular flexibility index (Phi) is 4.57. The highest BCUT2D eigenvalue weighted by molar-refractivity contribution is 7.99. The summed E-state index contributed by atoms with van der Waals surface area (Å²) in [6.45, 7) is 1.40. The van der Waals surface area contributed by atoms with Gasteiger partial charge in [-0.25, -0.2) is 4.68 Å². The predicted octanol–water partition coefficient (Wildman–Crippen LogP) is 3.93. The number of benzene rings is 2. The van der Waals surface area contributed by atoms with E-state index < -0.39 is 0 Å². The number of hydrogen-bond donors (Lipinski definition) is 0. The average Bonchev–Trinajstić information content (AvgIpc) is 2.89. The number of hydrogen-bond acceptors (Lipinski definition) is 4. The Morgan fingerprint density at radius 3 is 2.48 bits per heavy atom. The van der Waals surface area contributed by atoms with Gasteiger partial charge in [0.1, 0.15) is 0 Å². The number of nitrogens with zero attached hydrogens (tertiary/aromatic N) is 3. The molecule has 1 aromatic heterocycles. The first-order valence-electron chi connectivity index (χ1n) is 8.42. The second-order valence-electron chi connectivity index (χ2n) is 6.00. The van der Waals surface area contributed by atoms with Crippen molar-refractivity contribution in [1.29, 1.82) is 0 Å². The van der Waals surface area contributed by atoms with Gasteiger partial charge in [0, 0.05) is 12.2 Å². The normalized spacial score (nSPS) is 14.0. The van der Waals surface area contributed by atoms with Crippen molar-refractivity contribution in [3.05, 3.63) is 82.8 Å². The summed E-state index contributed by atoms with van der Waals surface area (Å²) in [6, 6.07) is 20.2. The van der Waals surface area contributed by atoms with Crippen LogP contribution < -0.4 is 10.5 Å². The highest BCUT2D eigenvalue weighted by Gasteiger charge is 2.21. The zero-order valence-corrected chi connectivity index (χ0v) is 14.7. The molecule has 5 heteroatoms. The van der Waals surface area contributed by atoms with Gasteiger partial charge in [-0.3, -0.25) is 4.79 Å². The first-order chi connectivity index (χ1) is 12.3. The van der Waals surface area contributed by atoms with Crippen LogP contribution in [-0.4, -0.2) is 22.1 Å². The Balaban J connectivity index is 1.74. The third-order valence-electron chi connectivity index (χ3n) is 4.29. The van der Waals surface area contributed by atoms with Crippen molar-refractivity contribution in [2.24, 2.45) is 0 Å². The van der Waals surface area contributed by atoms with Crippen LogP contribution in [0.3, 0.4) is 0 Å². The molecule has 0 atom stereocenters. The Bertz CT molecular complexity index is 909. The fraction of sp³-hybridized carbons (Fsp3) is 0.200. The standard InChI is InChI=1S/C20H19N3OS/c24-20-19-18(14-21-23(20)15-16-8-3-1-4-9-16)22(12-7-13-25-19)17-10-5-2-6-11-17/h1-6,8-11,14H,7,12-13,15H2. The molecule has 1 aliphatic heterocycles. The summed E-state index contributed by atoms with van der Waals surface area (Å²) in [4.78, 5) is 16.0. The van der Waals surface area contributed by atoms with Crippen LogP contribution in [0.1, 0.15) is 12.0 Å². The molecule has 2 aromatic carbocycles. The number of fused-ring (bicyclic) bond motifs is 1. The summed E-state index contributed by atoms with van der Waals surface area (Å²) in [5, 5.41) is 4.45. The minimum atomic E-state index is -0.00539. The zero-order valence-electron chi connectivity index (χ0n) is 13.8. The maximum Gasteiger partial charge on any atom is 0.282 e. The van der Waals surface area contributed by atoms with Crippen LogP contribution in [0.4, 0.5) is 11.4 Å². The highest BCUT2D eigenvalue weighted by atomic mass is 32.2. The van der Waals surface area contributed by atoms with Gasteiger partial charge in [0.05, 0.1) is 23.3 Å². The average molecular weight is 349 g/mol. The third kappa shape index (κ3) is 3.33. The fourth-order valence-corrected chi connectivity index (χ4v) is 4.07.